The summed E-state index contributed by atoms with van der Waals surface area (Å²) in [7, 11) is 1.47. The maximum absolute atomic E-state index is 12.1. The zero-order chi connectivity index (χ0) is 41.0. The van der Waals surface area contributed by atoms with Gasteiger partial charge in [0.25, 0.3) is 0 Å². The van der Waals surface area contributed by atoms with Crippen molar-refractivity contribution in [3.63, 3.8) is 0 Å². The van der Waals surface area contributed by atoms with E-state index < -0.39 is 12.0 Å². The van der Waals surface area contributed by atoms with Crippen molar-refractivity contribution in [2.24, 2.45) is 5.92 Å². The average molecular weight is 789 g/mol. The number of nitriles is 1. The van der Waals surface area contributed by atoms with Gasteiger partial charge in [0.15, 0.2) is 0 Å². The number of rotatable bonds is 17. The first-order valence-electron chi connectivity index (χ1n) is 20.5. The van der Waals surface area contributed by atoms with Crippen LogP contribution in [0.4, 0.5) is 0 Å². The van der Waals surface area contributed by atoms with E-state index in [9.17, 15) is 20.0 Å². The Morgan fingerprint density at radius 2 is 1.62 bits per heavy atom. The second-order valence-corrected chi connectivity index (χ2v) is 15.6. The van der Waals surface area contributed by atoms with Crippen LogP contribution in [-0.4, -0.2) is 65.8 Å². The zero-order valence-electron chi connectivity index (χ0n) is 34.2. The van der Waals surface area contributed by atoms with Gasteiger partial charge in [-0.05, 0) is 130 Å². The predicted octanol–water partition coefficient (Wildman–Crippen LogP) is 8.23. The largest absolute Gasteiger partial charge is 0.493 e. The van der Waals surface area contributed by atoms with Crippen molar-refractivity contribution >= 4 is 11.9 Å². The molecule has 0 amide bonds. The summed E-state index contributed by atoms with van der Waals surface area (Å²) in [6.45, 7) is 9.36. The Morgan fingerprint density at radius 3 is 2.38 bits per heavy atom. The van der Waals surface area contributed by atoms with E-state index in [1.165, 1.54) is 13.3 Å². The normalized spacial score (nSPS) is 18.2. The van der Waals surface area contributed by atoms with E-state index in [0.717, 1.165) is 102 Å². The first kappa shape index (κ1) is 42.2. The molecule has 1 saturated heterocycles. The molecule has 6 rings (SSSR count). The number of aromatic nitrogens is 1. The smallest absolute Gasteiger partial charge is 0.320 e. The molecule has 11 nitrogen and oxygen atoms in total. The summed E-state index contributed by atoms with van der Waals surface area (Å²) >= 11 is 0. The number of pyridine rings is 1. The number of aliphatic carboxylic acids is 1. The molecule has 4 aromatic rings. The highest BCUT2D eigenvalue weighted by Crippen LogP contribution is 2.36. The molecule has 2 fully saturated rings. The quantitative estimate of drug-likeness (QED) is 0.0789. The number of methoxy groups -OCH3 is 1. The number of likely N-dealkylation sites (tertiary alicyclic amines) is 1. The van der Waals surface area contributed by atoms with Crippen LogP contribution in [-0.2, 0) is 34.1 Å². The lowest BCUT2D eigenvalue weighted by Gasteiger charge is -2.33. The molecule has 1 atom stereocenters. The predicted molar refractivity (Wildman–Crippen MR) is 222 cm³/mol. The van der Waals surface area contributed by atoms with Gasteiger partial charge in [0.1, 0.15) is 42.6 Å². The molecule has 11 heteroatoms. The fourth-order valence-electron chi connectivity index (χ4n) is 8.22. The molecule has 0 bridgehead atoms. The molecule has 1 aliphatic heterocycles. The second kappa shape index (κ2) is 20.3. The Balaban J connectivity index is 1.12. The van der Waals surface area contributed by atoms with Gasteiger partial charge in [-0.3, -0.25) is 19.5 Å². The number of esters is 1. The molecule has 3 aromatic carbocycles. The first-order chi connectivity index (χ1) is 28.1. The van der Waals surface area contributed by atoms with Crippen molar-refractivity contribution in [2.45, 2.75) is 104 Å². The van der Waals surface area contributed by atoms with E-state index in [1.54, 1.807) is 12.3 Å². The van der Waals surface area contributed by atoms with Crippen molar-refractivity contribution in [1.29, 1.82) is 5.26 Å². The number of piperidine rings is 1. The molecule has 1 aliphatic carbocycles. The van der Waals surface area contributed by atoms with Crippen molar-refractivity contribution in [3.8, 4) is 34.4 Å². The highest BCUT2D eigenvalue weighted by molar-refractivity contribution is 5.74. The monoisotopic (exact) mass is 788 g/mol. The Labute approximate surface area is 342 Å². The van der Waals surface area contributed by atoms with Crippen LogP contribution in [0.15, 0.2) is 67.0 Å². The van der Waals surface area contributed by atoms with Crippen LogP contribution in [0, 0.1) is 38.0 Å². The van der Waals surface area contributed by atoms with Crippen LogP contribution < -0.4 is 19.5 Å². The molecule has 2 N–H and O–H groups in total. The van der Waals surface area contributed by atoms with Crippen LogP contribution in [0.25, 0.3) is 11.1 Å². The summed E-state index contributed by atoms with van der Waals surface area (Å²) in [6, 6.07) is 20.2. The van der Waals surface area contributed by atoms with Crippen LogP contribution in [0.2, 0.25) is 0 Å². The minimum Gasteiger partial charge on any atom is -0.493 e. The van der Waals surface area contributed by atoms with Crippen LogP contribution in [0.5, 0.6) is 17.2 Å². The minimum absolute atomic E-state index is 0.0335. The summed E-state index contributed by atoms with van der Waals surface area (Å²) in [5.74, 6) is 1.30. The van der Waals surface area contributed by atoms with E-state index in [0.29, 0.717) is 55.8 Å². The second-order valence-electron chi connectivity index (χ2n) is 15.6. The number of nitrogens with zero attached hydrogens (tertiary/aromatic N) is 3. The van der Waals surface area contributed by atoms with Crippen LogP contribution in [0.1, 0.15) is 90.3 Å². The van der Waals surface area contributed by atoms with Gasteiger partial charge in [0.05, 0.1) is 25.2 Å². The molecule has 2 aliphatic rings. The maximum atomic E-state index is 12.1. The Morgan fingerprint density at radius 1 is 0.862 bits per heavy atom. The van der Waals surface area contributed by atoms with Crippen molar-refractivity contribution in [2.75, 3.05) is 26.8 Å². The number of carboxylic acid groups (broad SMARTS) is 1. The SMILES string of the molecule is COC(=O)C1CCC(NCCCOc2cccc(-c3cccc(COc4cc(OCc5cncc(C#N)c5)c(CN5CCCC[C@H]5C(=O)O)cc4C)c3C)c2C)CC1. The Bertz CT molecular complexity index is 2090. The molecule has 1 aromatic heterocycles. The number of carbonyl (C=O) groups is 2. The topological polar surface area (TPSA) is 143 Å². The number of carboxylic acids is 1. The molecule has 58 heavy (non-hydrogen) atoms. The van der Waals surface area contributed by atoms with Gasteiger partial charge in [-0.2, -0.15) is 5.26 Å². The molecule has 0 radical (unpaired) electrons. The third kappa shape index (κ3) is 10.7. The van der Waals surface area contributed by atoms with Gasteiger partial charge in [-0.15, -0.1) is 0 Å². The van der Waals surface area contributed by atoms with Crippen molar-refractivity contribution in [3.05, 3.63) is 106 Å². The fourth-order valence-corrected chi connectivity index (χ4v) is 8.22. The number of nitrogens with one attached hydrogen (secondary N) is 1. The van der Waals surface area contributed by atoms with E-state index >= 15 is 0 Å². The summed E-state index contributed by atoms with van der Waals surface area (Å²) in [6.07, 6.45) is 10.3. The Kier molecular flexibility index (Phi) is 14.8. The van der Waals surface area contributed by atoms with Crippen LogP contribution >= 0.6 is 0 Å². The summed E-state index contributed by atoms with van der Waals surface area (Å²) < 4.78 is 24.1. The molecule has 1 saturated carbocycles. The molecule has 306 valence electrons. The summed E-state index contributed by atoms with van der Waals surface area (Å²) in [4.78, 5) is 30.2. The lowest BCUT2D eigenvalue weighted by Crippen LogP contribution is -2.44. The number of carbonyl (C=O) groups excluding carboxylic acids is 1. The van der Waals surface area contributed by atoms with E-state index in [-0.39, 0.29) is 18.5 Å². The lowest BCUT2D eigenvalue weighted by atomic mass is 9.86. The summed E-state index contributed by atoms with van der Waals surface area (Å²) in [5, 5.41) is 23.0. The van der Waals surface area contributed by atoms with Gasteiger partial charge in [0.2, 0.25) is 0 Å². The number of aryl methyl sites for hydroxylation is 1. The van der Waals surface area contributed by atoms with Crippen LogP contribution in [0.3, 0.4) is 0 Å². The number of hydrogen-bond donors (Lipinski definition) is 2. The van der Waals surface area contributed by atoms with Gasteiger partial charge in [0, 0.05) is 42.2 Å². The lowest BCUT2D eigenvalue weighted by molar-refractivity contribution is -0.147. The number of ether oxygens (including phenoxy) is 4. The molecular weight excluding hydrogens is 733 g/mol. The number of benzene rings is 3. The highest BCUT2D eigenvalue weighted by atomic mass is 16.5. The first-order valence-corrected chi connectivity index (χ1v) is 20.5. The van der Waals surface area contributed by atoms with Gasteiger partial charge in [-0.25, -0.2) is 0 Å². The molecular formula is C47H56N4O7. The van der Waals surface area contributed by atoms with Crippen molar-refractivity contribution < 1.29 is 33.6 Å². The average Bonchev–Trinajstić information content (AvgIpc) is 3.24. The molecule has 0 spiro atoms. The Hall–Kier alpha value is -5.44. The van der Waals surface area contributed by atoms with Crippen molar-refractivity contribution in [1.82, 2.24) is 15.2 Å². The number of hydrogen-bond acceptors (Lipinski definition) is 10. The van der Waals surface area contributed by atoms with Gasteiger partial charge in [-0.1, -0.05) is 36.8 Å². The van der Waals surface area contributed by atoms with E-state index in [1.807, 2.05) is 36.1 Å². The highest BCUT2D eigenvalue weighted by Gasteiger charge is 2.30. The minimum atomic E-state index is -0.804. The standard InChI is InChI=1S/C47H56N4O7/c1-31-22-38(28-51-20-6-5-13-42(51)46(52)53)45(57-29-35-23-34(25-48)26-49-27-35)24-44(31)58-30-37-10-7-11-40(32(37)2)41-12-8-14-43(33(41)3)56-21-9-19-50-39-17-15-36(16-18-39)47(54)55-4/h7-8,10-12,14,22-24,26-27,36,39,42,50H,5-6,9,13,15-21,28-30H2,1-4H3,(H,52,53)/t36?,39?,42-/m0/s1. The van der Waals surface area contributed by atoms with Gasteiger partial charge >= 0.3 is 11.9 Å². The maximum Gasteiger partial charge on any atom is 0.320 e. The van der Waals surface area contributed by atoms with E-state index in [4.69, 9.17) is 18.9 Å². The third-order valence-electron chi connectivity index (χ3n) is 11.6. The van der Waals surface area contributed by atoms with Gasteiger partial charge < -0.3 is 29.4 Å². The summed E-state index contributed by atoms with van der Waals surface area (Å²) in [5.41, 5.74) is 8.51. The van der Waals surface area contributed by atoms with E-state index in [2.05, 4.69) is 54.5 Å². The molecule has 2 heterocycles. The third-order valence-corrected chi connectivity index (χ3v) is 11.6. The fraction of sp³-hybridized carbons (Fsp3) is 0.447. The zero-order valence-corrected chi connectivity index (χ0v) is 34.2. The molecule has 0 unspecified atom stereocenters.